The SMILES string of the molecule is CC1(C)O[C@H]2O[C@@H]([C@H]3COC(C)(C)O3)[C@H](SS[C@H]3[C@H]([C@H]4COC(C)(C)O4)O[C@@H]4OC(C)(C)O[C@@H]43)[C@H]2O1. The highest BCUT2D eigenvalue weighted by Gasteiger charge is 2.61. The van der Waals surface area contributed by atoms with Gasteiger partial charge in [-0.25, -0.2) is 0 Å². The van der Waals surface area contributed by atoms with E-state index in [1.807, 2.05) is 55.4 Å². The molecule has 6 heterocycles. The Bertz CT molecular complexity index is 785. The average molecular weight is 551 g/mol. The predicted molar refractivity (Wildman–Crippen MR) is 130 cm³/mol. The van der Waals surface area contributed by atoms with Gasteiger partial charge >= 0.3 is 0 Å². The third-order valence-electron chi connectivity index (χ3n) is 7.13. The number of fused-ring (bicyclic) bond motifs is 2. The molecule has 0 unspecified atom stereocenters. The van der Waals surface area contributed by atoms with E-state index < -0.39 is 35.7 Å². The summed E-state index contributed by atoms with van der Waals surface area (Å²) in [6.07, 6.45) is -2.36. The monoisotopic (exact) mass is 550 g/mol. The zero-order valence-electron chi connectivity index (χ0n) is 22.1. The Kier molecular flexibility index (Phi) is 6.56. The fraction of sp³-hybridized carbons (Fsp3) is 1.00. The summed E-state index contributed by atoms with van der Waals surface area (Å²) >= 11 is 0. The Hall–Kier alpha value is 0.300. The maximum atomic E-state index is 6.38. The lowest BCUT2D eigenvalue weighted by Gasteiger charge is -2.31. The molecule has 0 aromatic rings. The van der Waals surface area contributed by atoms with Crippen molar-refractivity contribution in [2.45, 2.75) is 138 Å². The zero-order valence-corrected chi connectivity index (χ0v) is 23.7. The average Bonchev–Trinajstić information content (AvgIpc) is 3.53. The second kappa shape index (κ2) is 8.90. The summed E-state index contributed by atoms with van der Waals surface area (Å²) in [5, 5.41) is -0.118. The van der Waals surface area contributed by atoms with Crippen LogP contribution in [0.4, 0.5) is 0 Å². The van der Waals surface area contributed by atoms with E-state index in [0.717, 1.165) is 0 Å². The number of rotatable bonds is 5. The molecule has 0 spiro atoms. The van der Waals surface area contributed by atoms with E-state index in [1.54, 1.807) is 21.6 Å². The molecule has 6 aliphatic rings. The fourth-order valence-electron chi connectivity index (χ4n) is 5.71. The zero-order chi connectivity index (χ0) is 25.7. The van der Waals surface area contributed by atoms with Crippen LogP contribution in [0.1, 0.15) is 55.4 Å². The molecule has 10 nitrogen and oxygen atoms in total. The minimum absolute atomic E-state index is 0.0588. The Morgan fingerprint density at radius 1 is 0.472 bits per heavy atom. The molecule has 6 rings (SSSR count). The topological polar surface area (TPSA) is 92.3 Å². The van der Waals surface area contributed by atoms with Crippen molar-refractivity contribution < 1.29 is 47.4 Å². The van der Waals surface area contributed by atoms with Crippen molar-refractivity contribution in [3.63, 3.8) is 0 Å². The largest absolute Gasteiger partial charge is 0.348 e. The highest BCUT2D eigenvalue weighted by molar-refractivity contribution is 8.77. The van der Waals surface area contributed by atoms with Crippen molar-refractivity contribution in [2.75, 3.05) is 13.2 Å². The number of hydrogen-bond acceptors (Lipinski definition) is 12. The van der Waals surface area contributed by atoms with Gasteiger partial charge in [-0.05, 0) is 55.4 Å². The standard InChI is InChI=1S/C24H38O10S2/c1-21(2)25-9-11(29-21)13-17(15-19(27-13)33-23(5,6)31-15)35-36-18-14(12-10-26-22(3,4)30-12)28-20-16(18)32-24(7,8)34-20/h11-20H,9-10H2,1-8H3/t11-,12-,13+,14+,15-,16-,17+,18+,19-,20-/m1/s1. The Balaban J connectivity index is 1.21. The summed E-state index contributed by atoms with van der Waals surface area (Å²) < 4.78 is 61.6. The van der Waals surface area contributed by atoms with Crippen molar-refractivity contribution >= 4 is 21.6 Å². The molecule has 10 atom stereocenters. The van der Waals surface area contributed by atoms with Crippen LogP contribution in [-0.4, -0.2) is 96.1 Å². The van der Waals surface area contributed by atoms with Crippen LogP contribution in [0.2, 0.25) is 0 Å². The normalized spacial score (nSPS) is 50.0. The lowest BCUT2D eigenvalue weighted by molar-refractivity contribution is -0.220. The van der Waals surface area contributed by atoms with Crippen molar-refractivity contribution in [1.29, 1.82) is 0 Å². The Labute approximate surface area is 220 Å². The van der Waals surface area contributed by atoms with Crippen LogP contribution in [0, 0.1) is 0 Å². The van der Waals surface area contributed by atoms with Gasteiger partial charge in [-0.2, -0.15) is 0 Å². The molecule has 0 aromatic heterocycles. The van der Waals surface area contributed by atoms with E-state index in [1.165, 1.54) is 0 Å². The third-order valence-corrected chi connectivity index (χ3v) is 10.4. The predicted octanol–water partition coefficient (Wildman–Crippen LogP) is 3.16. The van der Waals surface area contributed by atoms with Gasteiger partial charge in [0.1, 0.15) is 36.6 Å². The first-order chi connectivity index (χ1) is 16.7. The van der Waals surface area contributed by atoms with E-state index in [-0.39, 0.29) is 47.1 Å². The molecule has 0 aliphatic carbocycles. The molecular weight excluding hydrogens is 512 g/mol. The van der Waals surface area contributed by atoms with Crippen molar-refractivity contribution in [1.82, 2.24) is 0 Å². The van der Waals surface area contributed by atoms with Gasteiger partial charge in [-0.3, -0.25) is 0 Å². The lowest BCUT2D eigenvalue weighted by Crippen LogP contribution is -2.42. The molecule has 0 bridgehead atoms. The third kappa shape index (κ3) is 4.99. The first-order valence-corrected chi connectivity index (χ1v) is 15.0. The molecule has 6 aliphatic heterocycles. The summed E-state index contributed by atoms with van der Waals surface area (Å²) in [6, 6.07) is 0. The van der Waals surface area contributed by atoms with E-state index in [2.05, 4.69) is 0 Å². The van der Waals surface area contributed by atoms with Gasteiger partial charge < -0.3 is 47.4 Å². The quantitative estimate of drug-likeness (QED) is 0.471. The van der Waals surface area contributed by atoms with Crippen LogP contribution in [0.25, 0.3) is 0 Å². The Morgan fingerprint density at radius 3 is 1.19 bits per heavy atom. The second-order valence-electron chi connectivity index (χ2n) is 12.0. The molecule has 0 N–H and O–H groups in total. The first-order valence-electron chi connectivity index (χ1n) is 12.7. The molecule has 0 saturated carbocycles. The van der Waals surface area contributed by atoms with E-state index in [4.69, 9.17) is 47.4 Å². The van der Waals surface area contributed by atoms with Crippen LogP contribution >= 0.6 is 21.6 Å². The van der Waals surface area contributed by atoms with Crippen LogP contribution in [0.3, 0.4) is 0 Å². The van der Waals surface area contributed by atoms with Crippen molar-refractivity contribution in [3.05, 3.63) is 0 Å². The van der Waals surface area contributed by atoms with E-state index >= 15 is 0 Å². The molecule has 0 aromatic carbocycles. The molecule has 36 heavy (non-hydrogen) atoms. The van der Waals surface area contributed by atoms with Crippen molar-refractivity contribution in [2.24, 2.45) is 0 Å². The summed E-state index contributed by atoms with van der Waals surface area (Å²) in [4.78, 5) is 0. The summed E-state index contributed by atoms with van der Waals surface area (Å²) in [6.45, 7) is 16.2. The van der Waals surface area contributed by atoms with Crippen LogP contribution in [0.15, 0.2) is 0 Å². The first kappa shape index (κ1) is 26.5. The minimum atomic E-state index is -0.715. The highest BCUT2D eigenvalue weighted by atomic mass is 33.1. The van der Waals surface area contributed by atoms with Gasteiger partial charge in [0, 0.05) is 0 Å². The summed E-state index contributed by atoms with van der Waals surface area (Å²) in [7, 11) is 3.41. The smallest absolute Gasteiger partial charge is 0.188 e. The number of hydrogen-bond donors (Lipinski definition) is 0. The molecular formula is C24H38O10S2. The molecule has 6 fully saturated rings. The van der Waals surface area contributed by atoms with Gasteiger partial charge in [-0.1, -0.05) is 21.6 Å². The van der Waals surface area contributed by atoms with E-state index in [9.17, 15) is 0 Å². The van der Waals surface area contributed by atoms with Crippen LogP contribution < -0.4 is 0 Å². The summed E-state index contributed by atoms with van der Waals surface area (Å²) in [5.74, 6) is -2.74. The molecule has 6 saturated heterocycles. The maximum Gasteiger partial charge on any atom is 0.188 e. The van der Waals surface area contributed by atoms with E-state index in [0.29, 0.717) is 13.2 Å². The van der Waals surface area contributed by atoms with Gasteiger partial charge in [0.05, 0.1) is 23.7 Å². The van der Waals surface area contributed by atoms with Gasteiger partial charge in [-0.15, -0.1) is 0 Å². The van der Waals surface area contributed by atoms with Gasteiger partial charge in [0.15, 0.2) is 35.7 Å². The van der Waals surface area contributed by atoms with Gasteiger partial charge in [0.25, 0.3) is 0 Å². The molecule has 0 amide bonds. The maximum absolute atomic E-state index is 6.38. The fourth-order valence-corrected chi connectivity index (χ4v) is 9.33. The van der Waals surface area contributed by atoms with Crippen LogP contribution in [0.5, 0.6) is 0 Å². The highest BCUT2D eigenvalue weighted by Crippen LogP contribution is 2.53. The van der Waals surface area contributed by atoms with Crippen LogP contribution in [-0.2, 0) is 47.4 Å². The molecule has 206 valence electrons. The second-order valence-corrected chi connectivity index (χ2v) is 14.6. The lowest BCUT2D eigenvalue weighted by atomic mass is 10.1. The number of ether oxygens (including phenoxy) is 10. The minimum Gasteiger partial charge on any atom is -0.348 e. The summed E-state index contributed by atoms with van der Waals surface area (Å²) in [5.41, 5.74) is 0. The van der Waals surface area contributed by atoms with Crippen molar-refractivity contribution in [3.8, 4) is 0 Å². The van der Waals surface area contributed by atoms with Gasteiger partial charge in [0.2, 0.25) is 0 Å². The Morgan fingerprint density at radius 2 is 0.861 bits per heavy atom. The molecule has 0 radical (unpaired) electrons. The molecule has 12 heteroatoms.